The Morgan fingerprint density at radius 1 is 1.18 bits per heavy atom. The Morgan fingerprint density at radius 2 is 1.91 bits per heavy atom. The van der Waals surface area contributed by atoms with Crippen LogP contribution in [-0.2, 0) is 0 Å². The van der Waals surface area contributed by atoms with Crippen molar-refractivity contribution < 1.29 is 0 Å². The van der Waals surface area contributed by atoms with E-state index in [9.17, 15) is 0 Å². The number of hydrogen-bond donors (Lipinski definition) is 1. The van der Waals surface area contributed by atoms with Crippen molar-refractivity contribution >= 4 is 16.8 Å². The second kappa shape index (κ2) is 2.78. The summed E-state index contributed by atoms with van der Waals surface area (Å²) in [5, 5.41) is 7.82. The van der Waals surface area contributed by atoms with Gasteiger partial charge in [-0.3, -0.25) is 5.41 Å². The molecular formula is C9H14ClN. The van der Waals surface area contributed by atoms with Crippen LogP contribution in [0, 0.1) is 23.2 Å². The third-order valence-electron chi connectivity index (χ3n) is 3.36. The summed E-state index contributed by atoms with van der Waals surface area (Å²) >= 11 is 5.73. The standard InChI is InChI=1S/C9H14ClN/c10-9(11)8-4-2-6-1-3-7(8)5-6/h6-8,11H,1-5H2. The quantitative estimate of drug-likeness (QED) is 0.587. The monoisotopic (exact) mass is 171 g/mol. The zero-order valence-electron chi connectivity index (χ0n) is 6.65. The van der Waals surface area contributed by atoms with E-state index < -0.39 is 0 Å². The first-order valence-corrected chi connectivity index (χ1v) is 4.89. The van der Waals surface area contributed by atoms with Crippen molar-refractivity contribution in [1.82, 2.24) is 0 Å². The minimum atomic E-state index is 0.412. The molecule has 2 fully saturated rings. The first-order valence-electron chi connectivity index (χ1n) is 4.51. The van der Waals surface area contributed by atoms with E-state index in [0.29, 0.717) is 11.1 Å². The molecule has 2 aliphatic carbocycles. The Labute approximate surface area is 72.6 Å². The molecule has 2 aliphatic rings. The van der Waals surface area contributed by atoms with Crippen LogP contribution in [0.2, 0.25) is 0 Å². The topological polar surface area (TPSA) is 23.9 Å². The van der Waals surface area contributed by atoms with Crippen LogP contribution in [0.5, 0.6) is 0 Å². The zero-order chi connectivity index (χ0) is 7.84. The van der Waals surface area contributed by atoms with Crippen molar-refractivity contribution in [2.24, 2.45) is 17.8 Å². The summed E-state index contributed by atoms with van der Waals surface area (Å²) in [6.45, 7) is 0. The van der Waals surface area contributed by atoms with Gasteiger partial charge in [-0.2, -0.15) is 0 Å². The van der Waals surface area contributed by atoms with Gasteiger partial charge in [0.1, 0.15) is 5.17 Å². The predicted octanol–water partition coefficient (Wildman–Crippen LogP) is 3.03. The number of hydrogen-bond acceptors (Lipinski definition) is 1. The lowest BCUT2D eigenvalue weighted by atomic mass is 9.80. The number of halogens is 1. The molecule has 0 saturated heterocycles. The third-order valence-corrected chi connectivity index (χ3v) is 3.64. The average Bonchev–Trinajstić information content (AvgIpc) is 2.32. The molecule has 2 heteroatoms. The fourth-order valence-electron chi connectivity index (χ4n) is 2.73. The Hall–Kier alpha value is -0.0400. The molecule has 2 bridgehead atoms. The van der Waals surface area contributed by atoms with Gasteiger partial charge in [-0.25, -0.2) is 0 Å². The maximum Gasteiger partial charge on any atom is 0.100 e. The van der Waals surface area contributed by atoms with E-state index >= 15 is 0 Å². The van der Waals surface area contributed by atoms with Crippen LogP contribution < -0.4 is 0 Å². The molecule has 0 aromatic carbocycles. The Morgan fingerprint density at radius 3 is 2.64 bits per heavy atom. The van der Waals surface area contributed by atoms with Gasteiger partial charge >= 0.3 is 0 Å². The molecule has 0 aromatic heterocycles. The highest BCUT2D eigenvalue weighted by molar-refractivity contribution is 6.65. The second-order valence-corrected chi connectivity index (χ2v) is 4.38. The highest BCUT2D eigenvalue weighted by Gasteiger charge is 2.36. The summed E-state index contributed by atoms with van der Waals surface area (Å²) in [5.41, 5.74) is 0. The van der Waals surface area contributed by atoms with Crippen molar-refractivity contribution in [1.29, 1.82) is 5.41 Å². The van der Waals surface area contributed by atoms with Gasteiger partial charge in [0, 0.05) is 5.92 Å². The molecular weight excluding hydrogens is 158 g/mol. The molecule has 2 saturated carbocycles. The van der Waals surface area contributed by atoms with Gasteiger partial charge in [0.2, 0.25) is 0 Å². The third kappa shape index (κ3) is 1.31. The van der Waals surface area contributed by atoms with Crippen LogP contribution in [0.4, 0.5) is 0 Å². The summed E-state index contributed by atoms with van der Waals surface area (Å²) in [4.78, 5) is 0. The maximum atomic E-state index is 7.41. The number of nitrogens with one attached hydrogen (secondary N) is 1. The fraction of sp³-hybridized carbons (Fsp3) is 0.889. The van der Waals surface area contributed by atoms with Gasteiger partial charge in [0.05, 0.1) is 0 Å². The first kappa shape index (κ1) is 7.60. The van der Waals surface area contributed by atoms with Crippen molar-refractivity contribution in [2.75, 3.05) is 0 Å². The van der Waals surface area contributed by atoms with Crippen LogP contribution in [0.1, 0.15) is 32.1 Å². The zero-order valence-corrected chi connectivity index (χ0v) is 7.40. The van der Waals surface area contributed by atoms with Gasteiger partial charge in [0.25, 0.3) is 0 Å². The Balaban J connectivity index is 2.07. The van der Waals surface area contributed by atoms with Crippen LogP contribution in [-0.4, -0.2) is 5.17 Å². The van der Waals surface area contributed by atoms with Crippen molar-refractivity contribution in [2.45, 2.75) is 32.1 Å². The molecule has 1 N–H and O–H groups in total. The van der Waals surface area contributed by atoms with E-state index in [0.717, 1.165) is 11.8 Å². The van der Waals surface area contributed by atoms with Crippen molar-refractivity contribution in [3.63, 3.8) is 0 Å². The molecule has 0 aromatic rings. The van der Waals surface area contributed by atoms with E-state index in [1.807, 2.05) is 0 Å². The van der Waals surface area contributed by atoms with Gasteiger partial charge < -0.3 is 0 Å². The highest BCUT2D eigenvalue weighted by Crippen LogP contribution is 2.45. The molecule has 11 heavy (non-hydrogen) atoms. The predicted molar refractivity (Wildman–Crippen MR) is 47.1 cm³/mol. The largest absolute Gasteiger partial charge is 0.293 e. The number of rotatable bonds is 1. The Bertz CT molecular complexity index is 178. The molecule has 1 nitrogen and oxygen atoms in total. The van der Waals surface area contributed by atoms with E-state index in [1.165, 1.54) is 32.1 Å². The fourth-order valence-corrected chi connectivity index (χ4v) is 3.01. The minimum absolute atomic E-state index is 0.412. The van der Waals surface area contributed by atoms with Gasteiger partial charge in [-0.15, -0.1) is 0 Å². The molecule has 2 rings (SSSR count). The lowest BCUT2D eigenvalue weighted by Crippen LogP contribution is -2.22. The van der Waals surface area contributed by atoms with Crippen LogP contribution in [0.3, 0.4) is 0 Å². The van der Waals surface area contributed by atoms with E-state index in [1.54, 1.807) is 0 Å². The highest BCUT2D eigenvalue weighted by atomic mass is 35.5. The molecule has 0 heterocycles. The maximum absolute atomic E-state index is 7.41. The molecule has 0 spiro atoms. The summed E-state index contributed by atoms with van der Waals surface area (Å²) in [7, 11) is 0. The van der Waals surface area contributed by atoms with Crippen molar-refractivity contribution in [3.8, 4) is 0 Å². The molecule has 0 radical (unpaired) electrons. The summed E-state index contributed by atoms with van der Waals surface area (Å²) in [5.74, 6) is 2.17. The summed E-state index contributed by atoms with van der Waals surface area (Å²) < 4.78 is 0. The normalized spacial score (nSPS) is 42.5. The summed E-state index contributed by atoms with van der Waals surface area (Å²) in [6.07, 6.45) is 6.56. The molecule has 3 atom stereocenters. The van der Waals surface area contributed by atoms with E-state index in [-0.39, 0.29) is 0 Å². The van der Waals surface area contributed by atoms with E-state index in [4.69, 9.17) is 17.0 Å². The van der Waals surface area contributed by atoms with Crippen LogP contribution >= 0.6 is 11.6 Å². The van der Waals surface area contributed by atoms with Gasteiger partial charge in [-0.05, 0) is 37.5 Å². The van der Waals surface area contributed by atoms with Crippen LogP contribution in [0.15, 0.2) is 0 Å². The SMILES string of the molecule is N=C(Cl)C1CCC2CCC1C2. The van der Waals surface area contributed by atoms with Crippen molar-refractivity contribution in [3.05, 3.63) is 0 Å². The van der Waals surface area contributed by atoms with E-state index in [2.05, 4.69) is 0 Å². The lowest BCUT2D eigenvalue weighted by Gasteiger charge is -2.26. The first-order chi connectivity index (χ1) is 5.27. The number of fused-ring (bicyclic) bond motifs is 2. The average molecular weight is 172 g/mol. The molecule has 0 amide bonds. The molecule has 62 valence electrons. The van der Waals surface area contributed by atoms with Crippen LogP contribution in [0.25, 0.3) is 0 Å². The van der Waals surface area contributed by atoms with Gasteiger partial charge in [0.15, 0.2) is 0 Å². The smallest absolute Gasteiger partial charge is 0.100 e. The lowest BCUT2D eigenvalue weighted by molar-refractivity contribution is 0.309. The second-order valence-electron chi connectivity index (χ2n) is 3.97. The van der Waals surface area contributed by atoms with Gasteiger partial charge in [-0.1, -0.05) is 18.0 Å². The minimum Gasteiger partial charge on any atom is -0.293 e. The Kier molecular flexibility index (Phi) is 1.92. The molecule has 3 unspecified atom stereocenters. The molecule has 0 aliphatic heterocycles. The summed E-state index contributed by atoms with van der Waals surface area (Å²) in [6, 6.07) is 0.